The summed E-state index contributed by atoms with van der Waals surface area (Å²) < 4.78 is 39.6. The van der Waals surface area contributed by atoms with E-state index in [-0.39, 0.29) is 35.9 Å². The van der Waals surface area contributed by atoms with Crippen molar-refractivity contribution in [2.75, 3.05) is 12.3 Å². The van der Waals surface area contributed by atoms with E-state index in [1.807, 2.05) is 0 Å². The number of amides is 2. The van der Waals surface area contributed by atoms with Crippen LogP contribution in [0.15, 0.2) is 45.3 Å². The Labute approximate surface area is 221 Å². The molecule has 38 heavy (non-hydrogen) atoms. The second kappa shape index (κ2) is 10.1. The Balaban J connectivity index is 1.17. The molecule has 1 unspecified atom stereocenters. The van der Waals surface area contributed by atoms with Crippen LogP contribution >= 0.6 is 0 Å². The van der Waals surface area contributed by atoms with Crippen LogP contribution in [0.4, 0.5) is 0 Å². The van der Waals surface area contributed by atoms with Crippen LogP contribution in [0, 0.1) is 5.92 Å². The van der Waals surface area contributed by atoms with Gasteiger partial charge in [0, 0.05) is 6.54 Å². The van der Waals surface area contributed by atoms with Crippen LogP contribution in [0.2, 0.25) is 0 Å². The highest BCUT2D eigenvalue weighted by Crippen LogP contribution is 2.35. The van der Waals surface area contributed by atoms with Crippen molar-refractivity contribution >= 4 is 21.8 Å². The number of hydrogen-bond donors (Lipinski definition) is 0. The van der Waals surface area contributed by atoms with E-state index in [1.54, 1.807) is 40.7 Å². The average Bonchev–Trinajstić information content (AvgIpc) is 3.66. The average molecular weight is 539 g/mol. The zero-order valence-corrected chi connectivity index (χ0v) is 21.9. The number of carbonyl (C=O) groups is 2. The van der Waals surface area contributed by atoms with Gasteiger partial charge in [0.05, 0.1) is 29.5 Å². The highest BCUT2D eigenvalue weighted by Gasteiger charge is 2.38. The first-order chi connectivity index (χ1) is 18.4. The lowest BCUT2D eigenvalue weighted by Gasteiger charge is -2.34. The Morgan fingerprint density at radius 1 is 0.895 bits per heavy atom. The quantitative estimate of drug-likeness (QED) is 0.401. The summed E-state index contributed by atoms with van der Waals surface area (Å²) in [6.07, 6.45) is 7.62. The summed E-state index contributed by atoms with van der Waals surface area (Å²) in [4.78, 5) is 31.0. The third-order valence-corrected chi connectivity index (χ3v) is 9.83. The van der Waals surface area contributed by atoms with Crippen LogP contribution in [-0.2, 0) is 16.6 Å². The first-order valence-corrected chi connectivity index (χ1v) is 14.9. The largest absolute Gasteiger partial charge is 0.454 e. The van der Waals surface area contributed by atoms with E-state index in [9.17, 15) is 18.0 Å². The fourth-order valence-corrected chi connectivity index (χ4v) is 7.95. The van der Waals surface area contributed by atoms with Gasteiger partial charge in [-0.15, -0.1) is 0 Å². The number of carbonyl (C=O) groups excluding carboxylic acids is 2. The highest BCUT2D eigenvalue weighted by molar-refractivity contribution is 7.89. The van der Waals surface area contributed by atoms with Crippen molar-refractivity contribution in [3.63, 3.8) is 0 Å². The van der Waals surface area contributed by atoms with E-state index >= 15 is 0 Å². The lowest BCUT2D eigenvalue weighted by Crippen LogP contribution is -2.41. The van der Waals surface area contributed by atoms with E-state index in [4.69, 9.17) is 8.94 Å². The van der Waals surface area contributed by atoms with Gasteiger partial charge in [-0.25, -0.2) is 8.42 Å². The summed E-state index contributed by atoms with van der Waals surface area (Å²) >= 11 is 0. The minimum Gasteiger partial charge on any atom is -0.454 e. The van der Waals surface area contributed by atoms with Crippen LogP contribution in [0.25, 0.3) is 11.7 Å². The topological polar surface area (TPSA) is 127 Å². The first kappa shape index (κ1) is 25.0. The number of sulfonamides is 1. The lowest BCUT2D eigenvalue weighted by molar-refractivity contribution is 0.0631. The maximum absolute atomic E-state index is 13.4. The molecule has 2 aromatic heterocycles. The fourth-order valence-electron chi connectivity index (χ4n) is 5.83. The molecule has 200 valence electrons. The van der Waals surface area contributed by atoms with E-state index in [1.165, 1.54) is 6.42 Å². The summed E-state index contributed by atoms with van der Waals surface area (Å²) in [5.74, 6) is 0.792. The summed E-state index contributed by atoms with van der Waals surface area (Å²) in [5.41, 5.74) is 0.752. The van der Waals surface area contributed by atoms with Crippen molar-refractivity contribution in [3.8, 4) is 11.7 Å². The van der Waals surface area contributed by atoms with Crippen LogP contribution in [0.1, 0.15) is 89.7 Å². The van der Waals surface area contributed by atoms with Gasteiger partial charge in [-0.3, -0.25) is 14.5 Å². The van der Waals surface area contributed by atoms with Crippen molar-refractivity contribution in [3.05, 3.63) is 59.1 Å². The molecule has 1 aromatic carbocycles. The minimum absolute atomic E-state index is 0.0246. The molecule has 4 heterocycles. The maximum atomic E-state index is 13.4. The molecule has 0 radical (unpaired) electrons. The number of rotatable bonds is 7. The maximum Gasteiger partial charge on any atom is 0.293 e. The van der Waals surface area contributed by atoms with Crippen LogP contribution in [0.3, 0.4) is 0 Å². The van der Waals surface area contributed by atoms with Gasteiger partial charge in [-0.2, -0.15) is 9.29 Å². The molecule has 0 spiro atoms. The molecule has 11 heteroatoms. The molecule has 3 aliphatic rings. The smallest absolute Gasteiger partial charge is 0.293 e. The molecule has 0 N–H and O–H groups in total. The fraction of sp³-hybridized carbons (Fsp3) is 0.481. The predicted molar refractivity (Wildman–Crippen MR) is 136 cm³/mol. The van der Waals surface area contributed by atoms with Gasteiger partial charge in [-0.05, 0) is 55.9 Å². The van der Waals surface area contributed by atoms with Gasteiger partial charge in [0.1, 0.15) is 5.76 Å². The number of fused-ring (bicyclic) bond motifs is 1. The highest BCUT2D eigenvalue weighted by atomic mass is 32.2. The number of piperidine rings is 1. The molecule has 2 amide bonds. The standard InChI is InChI=1S/C27H30N4O6S/c32-26-20-10-4-5-11-21(20)27(33)30(26)16-19-13-14-23(36-19)25-28-24(29-37-25)22-12-6-7-15-31(22)38(34,35)17-18-8-2-1-3-9-18/h4-5,10-11,13-14,18,22H,1-3,6-9,12,15-17H2. The van der Waals surface area contributed by atoms with Gasteiger partial charge < -0.3 is 8.94 Å². The Morgan fingerprint density at radius 2 is 1.61 bits per heavy atom. The number of nitrogens with zero attached hydrogens (tertiary/aromatic N) is 4. The van der Waals surface area contributed by atoms with E-state index in [0.29, 0.717) is 41.4 Å². The molecule has 3 aromatic rings. The molecule has 1 saturated heterocycles. The zero-order chi connectivity index (χ0) is 26.3. The van der Waals surface area contributed by atoms with E-state index in [0.717, 1.165) is 43.4 Å². The normalized spacial score (nSPS) is 21.3. The third-order valence-electron chi connectivity index (χ3n) is 7.79. The van der Waals surface area contributed by atoms with Gasteiger partial charge >= 0.3 is 0 Å². The molecule has 0 bridgehead atoms. The molecule has 1 saturated carbocycles. The predicted octanol–water partition coefficient (Wildman–Crippen LogP) is 4.56. The van der Waals surface area contributed by atoms with Crippen LogP contribution < -0.4 is 0 Å². The third kappa shape index (κ3) is 4.69. The number of benzene rings is 1. The number of aromatic nitrogens is 2. The summed E-state index contributed by atoms with van der Waals surface area (Å²) in [6.45, 7) is 0.429. The molecule has 2 aliphatic heterocycles. The van der Waals surface area contributed by atoms with Crippen molar-refractivity contribution in [1.82, 2.24) is 19.3 Å². The molecule has 6 rings (SSSR count). The van der Waals surface area contributed by atoms with Gasteiger partial charge in [0.2, 0.25) is 10.0 Å². The van der Waals surface area contributed by atoms with Gasteiger partial charge in [0.15, 0.2) is 11.6 Å². The van der Waals surface area contributed by atoms with E-state index < -0.39 is 16.1 Å². The second-order valence-corrected chi connectivity index (χ2v) is 12.3. The van der Waals surface area contributed by atoms with Crippen LogP contribution in [-0.4, -0.2) is 51.9 Å². The van der Waals surface area contributed by atoms with E-state index in [2.05, 4.69) is 10.1 Å². The molecule has 1 atom stereocenters. The van der Waals surface area contributed by atoms with Gasteiger partial charge in [0.25, 0.3) is 17.7 Å². The Bertz CT molecular complexity index is 1420. The lowest BCUT2D eigenvalue weighted by atomic mass is 9.91. The molecule has 10 nitrogen and oxygen atoms in total. The molecule has 2 fully saturated rings. The summed E-state index contributed by atoms with van der Waals surface area (Å²) in [6, 6.07) is 9.54. The number of furan rings is 1. The number of imide groups is 1. The Morgan fingerprint density at radius 3 is 2.34 bits per heavy atom. The first-order valence-electron chi connectivity index (χ1n) is 13.3. The van der Waals surface area contributed by atoms with Crippen molar-refractivity contribution in [2.24, 2.45) is 5.92 Å². The minimum atomic E-state index is -3.46. The zero-order valence-electron chi connectivity index (χ0n) is 21.0. The SMILES string of the molecule is O=C1c2ccccc2C(=O)N1Cc1ccc(-c2nc(C3CCCCN3S(=O)(=O)CC3CCCCC3)no2)o1. The molecule has 1 aliphatic carbocycles. The van der Waals surface area contributed by atoms with Gasteiger partial charge in [-0.1, -0.05) is 43.0 Å². The molecular weight excluding hydrogens is 508 g/mol. The second-order valence-electron chi connectivity index (χ2n) is 10.4. The number of hydrogen-bond acceptors (Lipinski definition) is 8. The van der Waals surface area contributed by atoms with Crippen LogP contribution in [0.5, 0.6) is 0 Å². The Hall–Kier alpha value is -3.31. The van der Waals surface area contributed by atoms with Crippen molar-refractivity contribution < 1.29 is 26.9 Å². The summed E-state index contributed by atoms with van der Waals surface area (Å²) in [7, 11) is -3.46. The summed E-state index contributed by atoms with van der Waals surface area (Å²) in [5, 5.41) is 4.12. The molecular formula is C27H30N4O6S. The Kier molecular flexibility index (Phi) is 6.65. The van der Waals surface area contributed by atoms with Crippen molar-refractivity contribution in [2.45, 2.75) is 64.0 Å². The van der Waals surface area contributed by atoms with Crippen molar-refractivity contribution in [1.29, 1.82) is 0 Å². The monoisotopic (exact) mass is 538 g/mol.